The lowest BCUT2D eigenvalue weighted by molar-refractivity contribution is -0.160. The molecular weight excluding hydrogens is 492 g/mol. The van der Waals surface area contributed by atoms with Crippen LogP contribution < -0.4 is 10.1 Å². The van der Waals surface area contributed by atoms with Crippen LogP contribution in [0.3, 0.4) is 0 Å². The number of alkyl halides is 2. The van der Waals surface area contributed by atoms with E-state index < -0.39 is 11.5 Å². The van der Waals surface area contributed by atoms with Crippen LogP contribution in [0.4, 0.5) is 8.78 Å². The number of benzene rings is 1. The van der Waals surface area contributed by atoms with Crippen LogP contribution in [0.1, 0.15) is 80.1 Å². The number of likely N-dealkylation sites (tertiary alicyclic amines) is 1. The van der Waals surface area contributed by atoms with Crippen molar-refractivity contribution in [2.75, 3.05) is 13.1 Å². The molecule has 4 aliphatic heterocycles. The smallest absolute Gasteiger partial charge is 0.255 e. The Labute approximate surface area is 221 Å². The van der Waals surface area contributed by atoms with Crippen molar-refractivity contribution >= 4 is 17.7 Å². The SMILES string of the molecule is O=C1NC(=O)C2(N3Cc4cc(O[C@H]5CCCC[C@H]5N5CC(C6CCC(F)(F)CC6)C5)ccc4C3=O)CC1C2. The second-order valence-electron chi connectivity index (χ2n) is 12.6. The standard InChI is InChI=1S/C29H35F2N3O4/c30-29(31)9-7-17(8-10-29)20-14-33(15-20)23-3-1-2-4-24(23)38-21-5-6-22-18(11-21)16-34(26(22)36)28-12-19(13-28)25(35)32-27(28)37/h5-6,11,17,19-20,23-24H,1-4,7-10,12-16H2,(H,32,35,37)/t19?,23-,24+,28?/m1/s1. The molecule has 7 nitrogen and oxygen atoms in total. The highest BCUT2D eigenvalue weighted by molar-refractivity contribution is 6.10. The van der Waals surface area contributed by atoms with Crippen molar-refractivity contribution in [1.29, 1.82) is 0 Å². The molecule has 0 aromatic heterocycles. The molecule has 0 unspecified atom stereocenters. The summed E-state index contributed by atoms with van der Waals surface area (Å²) in [5.74, 6) is -1.72. The van der Waals surface area contributed by atoms with E-state index in [9.17, 15) is 23.2 Å². The average molecular weight is 528 g/mol. The zero-order valence-corrected chi connectivity index (χ0v) is 21.6. The Hall–Kier alpha value is -2.55. The van der Waals surface area contributed by atoms with E-state index in [2.05, 4.69) is 10.2 Å². The Bertz CT molecular complexity index is 1170. The summed E-state index contributed by atoms with van der Waals surface area (Å²) in [4.78, 5) is 41.9. The molecule has 4 heterocycles. The normalized spacial score (nSPS) is 35.4. The minimum Gasteiger partial charge on any atom is -0.489 e. The van der Waals surface area contributed by atoms with Gasteiger partial charge in [-0.3, -0.25) is 24.6 Å². The summed E-state index contributed by atoms with van der Waals surface area (Å²) in [5.41, 5.74) is 0.552. The Kier molecular flexibility index (Phi) is 5.63. The number of piperidine rings is 2. The van der Waals surface area contributed by atoms with E-state index in [0.717, 1.165) is 43.7 Å². The fourth-order valence-electron chi connectivity index (χ4n) is 7.97. The summed E-state index contributed by atoms with van der Waals surface area (Å²) in [6, 6.07) is 5.94. The third-order valence-corrected chi connectivity index (χ3v) is 10.4. The first-order chi connectivity index (χ1) is 18.2. The molecule has 2 bridgehead atoms. The van der Waals surface area contributed by atoms with Crippen LogP contribution in [-0.2, 0) is 16.1 Å². The molecule has 3 saturated carbocycles. The summed E-state index contributed by atoms with van der Waals surface area (Å²) in [6.45, 7) is 2.30. The zero-order valence-electron chi connectivity index (χ0n) is 21.6. The van der Waals surface area contributed by atoms with Gasteiger partial charge in [0.05, 0.1) is 0 Å². The molecule has 2 atom stereocenters. The number of halogens is 2. The van der Waals surface area contributed by atoms with Gasteiger partial charge >= 0.3 is 0 Å². The number of carbonyl (C=O) groups excluding carboxylic acids is 3. The minimum absolute atomic E-state index is 0.0338. The van der Waals surface area contributed by atoms with Gasteiger partial charge in [-0.1, -0.05) is 6.42 Å². The Morgan fingerprint density at radius 1 is 0.947 bits per heavy atom. The highest BCUT2D eigenvalue weighted by Crippen LogP contribution is 2.49. The predicted octanol–water partition coefficient (Wildman–Crippen LogP) is 3.89. The molecule has 6 fully saturated rings. The fraction of sp³-hybridized carbons (Fsp3) is 0.690. The van der Waals surface area contributed by atoms with Crippen molar-refractivity contribution < 1.29 is 27.9 Å². The first kappa shape index (κ1) is 24.5. The first-order valence-electron chi connectivity index (χ1n) is 14.3. The molecule has 0 spiro atoms. The lowest BCUT2D eigenvalue weighted by Gasteiger charge is -2.53. The zero-order chi connectivity index (χ0) is 26.2. The number of hydrogen-bond acceptors (Lipinski definition) is 5. The lowest BCUT2D eigenvalue weighted by Crippen LogP contribution is -2.73. The highest BCUT2D eigenvalue weighted by atomic mass is 19.3. The summed E-state index contributed by atoms with van der Waals surface area (Å²) < 4.78 is 33.7. The van der Waals surface area contributed by atoms with Crippen molar-refractivity contribution in [3.05, 3.63) is 29.3 Å². The topological polar surface area (TPSA) is 79.0 Å². The van der Waals surface area contributed by atoms with Crippen LogP contribution in [0, 0.1) is 17.8 Å². The van der Waals surface area contributed by atoms with Crippen molar-refractivity contribution in [1.82, 2.24) is 15.1 Å². The van der Waals surface area contributed by atoms with E-state index in [0.29, 0.717) is 55.7 Å². The molecule has 7 aliphatic rings. The number of hydrogen-bond donors (Lipinski definition) is 1. The molecule has 3 saturated heterocycles. The van der Waals surface area contributed by atoms with Gasteiger partial charge in [-0.25, -0.2) is 8.78 Å². The molecular formula is C29H35F2N3O4. The molecule has 0 radical (unpaired) electrons. The fourth-order valence-corrected chi connectivity index (χ4v) is 7.97. The van der Waals surface area contributed by atoms with Crippen molar-refractivity contribution in [2.24, 2.45) is 17.8 Å². The molecule has 3 aliphatic carbocycles. The van der Waals surface area contributed by atoms with Crippen molar-refractivity contribution in [3.8, 4) is 5.75 Å². The molecule has 38 heavy (non-hydrogen) atoms. The van der Waals surface area contributed by atoms with Gasteiger partial charge in [0.1, 0.15) is 17.4 Å². The van der Waals surface area contributed by atoms with Crippen LogP contribution >= 0.6 is 0 Å². The Morgan fingerprint density at radius 2 is 1.68 bits per heavy atom. The van der Waals surface area contributed by atoms with E-state index in [4.69, 9.17) is 4.74 Å². The third-order valence-electron chi connectivity index (χ3n) is 10.4. The molecule has 1 aromatic carbocycles. The largest absolute Gasteiger partial charge is 0.489 e. The maximum absolute atomic E-state index is 13.6. The maximum Gasteiger partial charge on any atom is 0.255 e. The molecule has 204 valence electrons. The number of nitrogens with one attached hydrogen (secondary N) is 1. The second-order valence-corrected chi connectivity index (χ2v) is 12.6. The van der Waals surface area contributed by atoms with E-state index in [1.165, 1.54) is 6.42 Å². The van der Waals surface area contributed by atoms with Crippen LogP contribution in [0.25, 0.3) is 0 Å². The summed E-state index contributed by atoms with van der Waals surface area (Å²) in [5, 5.41) is 2.43. The van der Waals surface area contributed by atoms with E-state index in [1.807, 2.05) is 18.2 Å². The van der Waals surface area contributed by atoms with Gasteiger partial charge in [-0.2, -0.15) is 0 Å². The van der Waals surface area contributed by atoms with E-state index in [-0.39, 0.29) is 42.6 Å². The summed E-state index contributed by atoms with van der Waals surface area (Å²) in [7, 11) is 0. The molecule has 8 rings (SSSR count). The predicted molar refractivity (Wildman–Crippen MR) is 134 cm³/mol. The van der Waals surface area contributed by atoms with Crippen molar-refractivity contribution in [3.63, 3.8) is 0 Å². The highest BCUT2D eigenvalue weighted by Gasteiger charge is 2.63. The number of amides is 3. The van der Waals surface area contributed by atoms with Crippen molar-refractivity contribution in [2.45, 2.75) is 94.4 Å². The van der Waals surface area contributed by atoms with Crippen LogP contribution in [-0.4, -0.2) is 64.2 Å². The quantitative estimate of drug-likeness (QED) is 0.588. The number of ether oxygens (including phenoxy) is 1. The molecule has 3 amide bonds. The van der Waals surface area contributed by atoms with Gasteiger partial charge in [0.2, 0.25) is 11.8 Å². The van der Waals surface area contributed by atoms with Gasteiger partial charge in [-0.15, -0.1) is 0 Å². The molecule has 1 N–H and O–H groups in total. The third kappa shape index (κ3) is 3.87. The van der Waals surface area contributed by atoms with Gasteiger partial charge in [0.25, 0.3) is 11.8 Å². The monoisotopic (exact) mass is 527 g/mol. The number of imide groups is 1. The minimum atomic E-state index is -2.47. The number of fused-ring (bicyclic) bond motifs is 3. The second kappa shape index (κ2) is 8.73. The summed E-state index contributed by atoms with van der Waals surface area (Å²) in [6.07, 6.45) is 6.56. The molecule has 1 aromatic rings. The Balaban J connectivity index is 1.000. The maximum atomic E-state index is 13.6. The number of carbonyl (C=O) groups is 3. The first-order valence-corrected chi connectivity index (χ1v) is 14.3. The van der Waals surface area contributed by atoms with Gasteiger partial charge in [0, 0.05) is 50.0 Å². The number of rotatable bonds is 5. The Morgan fingerprint density at radius 3 is 2.42 bits per heavy atom. The molecule has 9 heteroatoms. The van der Waals surface area contributed by atoms with Gasteiger partial charge < -0.3 is 9.64 Å². The van der Waals surface area contributed by atoms with Gasteiger partial charge in [-0.05, 0) is 80.5 Å². The lowest BCUT2D eigenvalue weighted by atomic mass is 9.63. The average Bonchev–Trinajstić information content (AvgIpc) is 3.15. The van der Waals surface area contributed by atoms with E-state index in [1.54, 1.807) is 4.90 Å². The summed E-state index contributed by atoms with van der Waals surface area (Å²) >= 11 is 0. The van der Waals surface area contributed by atoms with Crippen LogP contribution in [0.5, 0.6) is 5.75 Å². The van der Waals surface area contributed by atoms with Crippen LogP contribution in [0.2, 0.25) is 0 Å². The van der Waals surface area contributed by atoms with Gasteiger partial charge in [0.15, 0.2) is 0 Å². The number of nitrogens with zero attached hydrogens (tertiary/aromatic N) is 2. The van der Waals surface area contributed by atoms with E-state index >= 15 is 0 Å². The van der Waals surface area contributed by atoms with Crippen LogP contribution in [0.15, 0.2) is 18.2 Å².